The smallest absolute Gasteiger partial charge is 0.258 e. The number of aromatic nitrogens is 3. The second-order valence-corrected chi connectivity index (χ2v) is 4.60. The van der Waals surface area contributed by atoms with Crippen molar-refractivity contribution in [3.05, 3.63) is 44.7 Å². The first-order valence-corrected chi connectivity index (χ1v) is 6.45. The fourth-order valence-electron chi connectivity index (χ4n) is 1.27. The minimum atomic E-state index is -0.445. The van der Waals surface area contributed by atoms with Gasteiger partial charge < -0.3 is 0 Å². The Morgan fingerprint density at radius 3 is 2.76 bits per heavy atom. The van der Waals surface area contributed by atoms with Gasteiger partial charge in [0.05, 0.1) is 27.0 Å². The van der Waals surface area contributed by atoms with Gasteiger partial charge in [-0.3, -0.25) is 10.1 Å². The lowest BCUT2D eigenvalue weighted by Crippen LogP contribution is -1.97. The van der Waals surface area contributed by atoms with Gasteiger partial charge in [-0.15, -0.1) is 5.10 Å². The summed E-state index contributed by atoms with van der Waals surface area (Å²) >= 11 is 6.55. The average molecular weight is 362 g/mol. The van der Waals surface area contributed by atoms with Crippen molar-refractivity contribution in [2.75, 3.05) is 0 Å². The summed E-state index contributed by atoms with van der Waals surface area (Å²) in [6.07, 6.45) is 1.75. The van der Waals surface area contributed by atoms with Gasteiger partial charge in [0.15, 0.2) is 0 Å². The van der Waals surface area contributed by atoms with E-state index in [1.807, 2.05) is 0 Å². The molecule has 0 aliphatic heterocycles. The predicted molar refractivity (Wildman–Crippen MR) is 68.3 cm³/mol. The lowest BCUT2D eigenvalue weighted by atomic mass is 10.3. The number of halogens is 2. The van der Waals surface area contributed by atoms with Gasteiger partial charge in [0.1, 0.15) is 0 Å². The number of rotatable bonds is 3. The zero-order valence-corrected chi connectivity index (χ0v) is 11.5. The van der Waals surface area contributed by atoms with Gasteiger partial charge in [0, 0.05) is 17.5 Å². The zero-order chi connectivity index (χ0) is 12.4. The molecular formula is C9H6Br2N4O2. The minimum Gasteiger partial charge on any atom is -0.258 e. The van der Waals surface area contributed by atoms with Gasteiger partial charge in [0.25, 0.3) is 5.69 Å². The van der Waals surface area contributed by atoms with Crippen LogP contribution < -0.4 is 0 Å². The SMILES string of the molecule is O=[N+]([O-])c1ccc(-n2cc(CBr)nn2)c(Br)c1. The van der Waals surface area contributed by atoms with Crippen LogP contribution in [0.25, 0.3) is 5.69 Å². The van der Waals surface area contributed by atoms with E-state index in [2.05, 4.69) is 42.2 Å². The van der Waals surface area contributed by atoms with Crippen LogP contribution in [-0.2, 0) is 5.33 Å². The first-order chi connectivity index (χ1) is 8.11. The van der Waals surface area contributed by atoms with Gasteiger partial charge in [0.2, 0.25) is 0 Å². The molecule has 0 fully saturated rings. The molecule has 0 aliphatic rings. The molecule has 0 aliphatic carbocycles. The molecule has 0 amide bonds. The van der Waals surface area contributed by atoms with E-state index in [1.165, 1.54) is 12.1 Å². The number of nitro groups is 1. The van der Waals surface area contributed by atoms with Crippen molar-refractivity contribution in [3.8, 4) is 5.69 Å². The molecule has 1 aromatic carbocycles. The van der Waals surface area contributed by atoms with Crippen LogP contribution in [0.5, 0.6) is 0 Å². The summed E-state index contributed by atoms with van der Waals surface area (Å²) in [5.74, 6) is 0. The lowest BCUT2D eigenvalue weighted by molar-refractivity contribution is -0.384. The van der Waals surface area contributed by atoms with E-state index in [9.17, 15) is 10.1 Å². The average Bonchev–Trinajstić information content (AvgIpc) is 2.77. The van der Waals surface area contributed by atoms with Gasteiger partial charge >= 0.3 is 0 Å². The fourth-order valence-corrected chi connectivity index (χ4v) is 2.08. The van der Waals surface area contributed by atoms with Crippen molar-refractivity contribution >= 4 is 37.5 Å². The lowest BCUT2D eigenvalue weighted by Gasteiger charge is -2.02. The van der Waals surface area contributed by atoms with Crippen LogP contribution in [0.15, 0.2) is 28.9 Å². The highest BCUT2D eigenvalue weighted by atomic mass is 79.9. The maximum Gasteiger partial charge on any atom is 0.270 e. The van der Waals surface area contributed by atoms with E-state index in [0.29, 0.717) is 15.5 Å². The largest absolute Gasteiger partial charge is 0.270 e. The molecule has 0 atom stereocenters. The molecule has 8 heteroatoms. The number of benzene rings is 1. The monoisotopic (exact) mass is 360 g/mol. The summed E-state index contributed by atoms with van der Waals surface area (Å²) in [5.41, 5.74) is 1.52. The van der Waals surface area contributed by atoms with Gasteiger partial charge in [-0.1, -0.05) is 21.1 Å². The number of nitro benzene ring substituents is 1. The van der Waals surface area contributed by atoms with Crippen LogP contribution in [0.1, 0.15) is 5.69 Å². The quantitative estimate of drug-likeness (QED) is 0.478. The van der Waals surface area contributed by atoms with E-state index in [-0.39, 0.29) is 5.69 Å². The molecule has 0 spiro atoms. The summed E-state index contributed by atoms with van der Waals surface area (Å²) in [4.78, 5) is 10.2. The molecule has 0 saturated heterocycles. The predicted octanol–water partition coefficient (Wildman–Crippen LogP) is 2.83. The van der Waals surface area contributed by atoms with Crippen LogP contribution in [0.4, 0.5) is 5.69 Å². The number of hydrogen-bond acceptors (Lipinski definition) is 4. The van der Waals surface area contributed by atoms with E-state index in [0.717, 1.165) is 5.69 Å². The Bertz CT molecular complexity index is 570. The van der Waals surface area contributed by atoms with Crippen molar-refractivity contribution in [2.45, 2.75) is 5.33 Å². The molecule has 0 radical (unpaired) electrons. The van der Waals surface area contributed by atoms with Crippen molar-refractivity contribution in [3.63, 3.8) is 0 Å². The van der Waals surface area contributed by atoms with Gasteiger partial charge in [-0.25, -0.2) is 4.68 Å². The molecule has 2 aromatic rings. The van der Waals surface area contributed by atoms with E-state index in [4.69, 9.17) is 0 Å². The zero-order valence-electron chi connectivity index (χ0n) is 8.38. The van der Waals surface area contributed by atoms with Crippen molar-refractivity contribution in [2.24, 2.45) is 0 Å². The Labute approximate surface area is 113 Å². The molecular weight excluding hydrogens is 356 g/mol. The number of nitrogens with zero attached hydrogens (tertiary/aromatic N) is 4. The molecule has 0 N–H and O–H groups in total. The molecule has 1 heterocycles. The molecule has 0 bridgehead atoms. The summed E-state index contributed by atoms with van der Waals surface area (Å²) in [7, 11) is 0. The van der Waals surface area contributed by atoms with Crippen LogP contribution in [0.3, 0.4) is 0 Å². The van der Waals surface area contributed by atoms with Gasteiger partial charge in [-0.05, 0) is 22.0 Å². The first kappa shape index (κ1) is 12.2. The van der Waals surface area contributed by atoms with Crippen LogP contribution in [-0.4, -0.2) is 19.9 Å². The third-order valence-corrected chi connectivity index (χ3v) is 3.28. The third kappa shape index (κ3) is 2.52. The number of hydrogen-bond donors (Lipinski definition) is 0. The first-order valence-electron chi connectivity index (χ1n) is 4.53. The number of alkyl halides is 1. The molecule has 0 saturated carbocycles. The van der Waals surface area contributed by atoms with Crippen molar-refractivity contribution in [1.29, 1.82) is 0 Å². The van der Waals surface area contributed by atoms with E-state index < -0.39 is 4.92 Å². The maximum atomic E-state index is 10.6. The third-order valence-electron chi connectivity index (χ3n) is 2.07. The molecule has 6 nitrogen and oxygen atoms in total. The second-order valence-electron chi connectivity index (χ2n) is 3.18. The Morgan fingerprint density at radius 1 is 1.47 bits per heavy atom. The Hall–Kier alpha value is -1.28. The Balaban J connectivity index is 2.42. The van der Waals surface area contributed by atoms with Crippen molar-refractivity contribution in [1.82, 2.24) is 15.0 Å². The molecule has 2 rings (SSSR count). The molecule has 88 valence electrons. The Kier molecular flexibility index (Phi) is 3.53. The van der Waals surface area contributed by atoms with Crippen LogP contribution in [0.2, 0.25) is 0 Å². The second kappa shape index (κ2) is 4.92. The molecule has 1 aromatic heterocycles. The summed E-state index contributed by atoms with van der Waals surface area (Å²) < 4.78 is 2.16. The maximum absolute atomic E-state index is 10.6. The molecule has 0 unspecified atom stereocenters. The van der Waals surface area contributed by atoms with Crippen LogP contribution in [0, 0.1) is 10.1 Å². The van der Waals surface area contributed by atoms with Crippen LogP contribution >= 0.6 is 31.9 Å². The molecule has 17 heavy (non-hydrogen) atoms. The van der Waals surface area contributed by atoms with E-state index in [1.54, 1.807) is 16.9 Å². The van der Waals surface area contributed by atoms with E-state index >= 15 is 0 Å². The summed E-state index contributed by atoms with van der Waals surface area (Å²) in [6, 6.07) is 4.48. The Morgan fingerprint density at radius 2 is 2.24 bits per heavy atom. The van der Waals surface area contributed by atoms with Gasteiger partial charge in [-0.2, -0.15) is 0 Å². The minimum absolute atomic E-state index is 0.0291. The summed E-state index contributed by atoms with van der Waals surface area (Å²) in [6.45, 7) is 0. The topological polar surface area (TPSA) is 73.8 Å². The standard InChI is InChI=1S/C9H6Br2N4O2/c10-4-6-5-14(13-12-6)9-2-1-7(15(16)17)3-8(9)11/h1-3,5H,4H2. The summed E-state index contributed by atoms with van der Waals surface area (Å²) in [5, 5.41) is 19.1. The highest BCUT2D eigenvalue weighted by molar-refractivity contribution is 9.10. The highest BCUT2D eigenvalue weighted by Gasteiger charge is 2.11. The fraction of sp³-hybridized carbons (Fsp3) is 0.111. The highest BCUT2D eigenvalue weighted by Crippen LogP contribution is 2.25. The number of non-ortho nitro benzene ring substituents is 1. The normalized spacial score (nSPS) is 10.5. The van der Waals surface area contributed by atoms with Crippen molar-refractivity contribution < 1.29 is 4.92 Å².